The van der Waals surface area contributed by atoms with Crippen LogP contribution in [0.4, 0.5) is 0 Å². The summed E-state index contributed by atoms with van der Waals surface area (Å²) in [5, 5.41) is 16.8. The molecule has 3 atom stereocenters. The van der Waals surface area contributed by atoms with Gasteiger partial charge in [-0.2, -0.15) is 0 Å². The molecular weight excluding hydrogens is 160 g/mol. The summed E-state index contributed by atoms with van der Waals surface area (Å²) in [5.74, 6) is -2.29. The van der Waals surface area contributed by atoms with E-state index in [0.717, 1.165) is 6.08 Å². The van der Waals surface area contributed by atoms with Gasteiger partial charge < -0.3 is 10.2 Å². The average Bonchev–Trinajstić information content (AvgIpc) is 2.57. The Morgan fingerprint density at radius 1 is 1.33 bits per heavy atom. The molecule has 12 heavy (non-hydrogen) atoms. The summed E-state index contributed by atoms with van der Waals surface area (Å²) in [6.45, 7) is 1.80. The fraction of sp³-hybridized carbons (Fsp3) is 0.500. The van der Waals surface area contributed by atoms with Crippen molar-refractivity contribution in [2.24, 2.45) is 17.8 Å². The minimum Gasteiger partial charge on any atom is -0.481 e. The zero-order chi connectivity index (χ0) is 9.30. The molecule has 0 aromatic carbocycles. The fourth-order valence-electron chi connectivity index (χ4n) is 1.37. The zero-order valence-corrected chi connectivity index (χ0v) is 6.60. The van der Waals surface area contributed by atoms with E-state index in [4.69, 9.17) is 10.2 Å². The van der Waals surface area contributed by atoms with Gasteiger partial charge in [-0.1, -0.05) is 13.0 Å². The molecule has 0 saturated heterocycles. The molecule has 0 radical (unpaired) electrons. The standard InChI is InChI=1S/C8H10O4/c1-4-5(2-3-6(9)10)7(4)8(11)12/h2-5,7H,1H3,(H,9,10)(H,11,12)/b3-2+. The summed E-state index contributed by atoms with van der Waals surface area (Å²) < 4.78 is 0. The smallest absolute Gasteiger partial charge is 0.327 e. The van der Waals surface area contributed by atoms with E-state index < -0.39 is 11.9 Å². The molecular formula is C8H10O4. The number of allylic oxidation sites excluding steroid dienone is 1. The summed E-state index contributed by atoms with van der Waals surface area (Å²) in [6, 6.07) is 0. The van der Waals surface area contributed by atoms with Crippen molar-refractivity contribution in [1.29, 1.82) is 0 Å². The molecule has 0 heterocycles. The van der Waals surface area contributed by atoms with Crippen LogP contribution in [-0.4, -0.2) is 22.2 Å². The average molecular weight is 170 g/mol. The third-order valence-corrected chi connectivity index (χ3v) is 2.19. The number of carboxylic acids is 2. The molecule has 1 aliphatic rings. The molecule has 2 N–H and O–H groups in total. The number of aliphatic carboxylic acids is 2. The molecule has 0 aromatic heterocycles. The van der Waals surface area contributed by atoms with Crippen LogP contribution in [0.25, 0.3) is 0 Å². The van der Waals surface area contributed by atoms with Gasteiger partial charge in [0.1, 0.15) is 0 Å². The van der Waals surface area contributed by atoms with Gasteiger partial charge in [0.15, 0.2) is 0 Å². The maximum atomic E-state index is 10.4. The topological polar surface area (TPSA) is 74.6 Å². The Morgan fingerprint density at radius 3 is 2.25 bits per heavy atom. The van der Waals surface area contributed by atoms with Crippen molar-refractivity contribution in [3.8, 4) is 0 Å². The van der Waals surface area contributed by atoms with Crippen LogP contribution in [-0.2, 0) is 9.59 Å². The van der Waals surface area contributed by atoms with Gasteiger partial charge in [0.05, 0.1) is 5.92 Å². The molecule has 66 valence electrons. The Labute approximate surface area is 69.5 Å². The highest BCUT2D eigenvalue weighted by molar-refractivity contribution is 5.81. The number of carboxylic acid groups (broad SMARTS) is 2. The van der Waals surface area contributed by atoms with Crippen LogP contribution in [0.15, 0.2) is 12.2 Å². The Kier molecular flexibility index (Phi) is 2.17. The van der Waals surface area contributed by atoms with Crippen molar-refractivity contribution in [3.63, 3.8) is 0 Å². The fourth-order valence-corrected chi connectivity index (χ4v) is 1.37. The highest BCUT2D eigenvalue weighted by Gasteiger charge is 2.50. The minimum absolute atomic E-state index is 0.0677. The third kappa shape index (κ3) is 1.64. The van der Waals surface area contributed by atoms with Crippen molar-refractivity contribution in [2.75, 3.05) is 0 Å². The van der Waals surface area contributed by atoms with Crippen LogP contribution < -0.4 is 0 Å². The molecule has 0 aliphatic heterocycles. The zero-order valence-electron chi connectivity index (χ0n) is 6.60. The van der Waals surface area contributed by atoms with Crippen molar-refractivity contribution in [3.05, 3.63) is 12.2 Å². The summed E-state index contributed by atoms with van der Waals surface area (Å²) in [5.41, 5.74) is 0. The lowest BCUT2D eigenvalue weighted by atomic mass is 10.3. The van der Waals surface area contributed by atoms with Crippen LogP contribution >= 0.6 is 0 Å². The molecule has 4 nitrogen and oxygen atoms in total. The van der Waals surface area contributed by atoms with Crippen molar-refractivity contribution >= 4 is 11.9 Å². The summed E-state index contributed by atoms with van der Waals surface area (Å²) in [7, 11) is 0. The Morgan fingerprint density at radius 2 is 1.92 bits per heavy atom. The molecule has 1 aliphatic carbocycles. The monoisotopic (exact) mass is 170 g/mol. The number of hydrogen-bond acceptors (Lipinski definition) is 2. The quantitative estimate of drug-likeness (QED) is 0.608. The summed E-state index contributed by atoms with van der Waals surface area (Å²) in [4.78, 5) is 20.5. The lowest BCUT2D eigenvalue weighted by Gasteiger charge is -1.83. The molecule has 3 unspecified atom stereocenters. The largest absolute Gasteiger partial charge is 0.481 e. The maximum absolute atomic E-state index is 10.4. The normalized spacial score (nSPS) is 33.6. The Balaban J connectivity index is 2.49. The van der Waals surface area contributed by atoms with Crippen molar-refractivity contribution in [2.45, 2.75) is 6.92 Å². The highest BCUT2D eigenvalue weighted by atomic mass is 16.4. The van der Waals surface area contributed by atoms with Gasteiger partial charge in [-0.25, -0.2) is 4.79 Å². The molecule has 1 fully saturated rings. The van der Waals surface area contributed by atoms with Crippen LogP contribution in [0.5, 0.6) is 0 Å². The predicted octanol–water partition coefficient (Wildman–Crippen LogP) is 0.594. The summed E-state index contributed by atoms with van der Waals surface area (Å²) in [6.07, 6.45) is 2.45. The van der Waals surface area contributed by atoms with Gasteiger partial charge in [-0.3, -0.25) is 4.79 Å². The van der Waals surface area contributed by atoms with Gasteiger partial charge >= 0.3 is 11.9 Å². The molecule has 0 spiro atoms. The van der Waals surface area contributed by atoms with Crippen LogP contribution in [0.1, 0.15) is 6.92 Å². The van der Waals surface area contributed by atoms with Crippen LogP contribution in [0, 0.1) is 17.8 Å². The van der Waals surface area contributed by atoms with Crippen LogP contribution in [0.2, 0.25) is 0 Å². The first-order chi connectivity index (χ1) is 5.54. The van der Waals surface area contributed by atoms with Gasteiger partial charge in [-0.05, 0) is 11.8 Å². The van der Waals surface area contributed by atoms with E-state index in [1.54, 1.807) is 6.92 Å². The van der Waals surface area contributed by atoms with Crippen LogP contribution in [0.3, 0.4) is 0 Å². The van der Waals surface area contributed by atoms with E-state index in [-0.39, 0.29) is 17.8 Å². The number of rotatable bonds is 3. The minimum atomic E-state index is -1.03. The first-order valence-corrected chi connectivity index (χ1v) is 3.68. The lowest BCUT2D eigenvalue weighted by molar-refractivity contribution is -0.139. The van der Waals surface area contributed by atoms with E-state index in [9.17, 15) is 9.59 Å². The first kappa shape index (κ1) is 8.77. The van der Waals surface area contributed by atoms with E-state index >= 15 is 0 Å². The second kappa shape index (κ2) is 2.97. The molecule has 0 bridgehead atoms. The number of hydrogen-bond donors (Lipinski definition) is 2. The first-order valence-electron chi connectivity index (χ1n) is 3.68. The SMILES string of the molecule is CC1C(/C=C/C(=O)O)C1C(=O)O. The molecule has 4 heteroatoms. The molecule has 0 aromatic rings. The van der Waals surface area contributed by atoms with E-state index in [1.807, 2.05) is 0 Å². The molecule has 1 rings (SSSR count). The Hall–Kier alpha value is -1.32. The lowest BCUT2D eigenvalue weighted by Crippen LogP contribution is -1.99. The highest BCUT2D eigenvalue weighted by Crippen LogP contribution is 2.46. The van der Waals surface area contributed by atoms with E-state index in [0.29, 0.717) is 0 Å². The predicted molar refractivity (Wildman–Crippen MR) is 40.6 cm³/mol. The maximum Gasteiger partial charge on any atom is 0.327 e. The van der Waals surface area contributed by atoms with Gasteiger partial charge in [0.25, 0.3) is 0 Å². The van der Waals surface area contributed by atoms with Crippen molar-refractivity contribution in [1.82, 2.24) is 0 Å². The molecule has 0 amide bonds. The van der Waals surface area contributed by atoms with Crippen molar-refractivity contribution < 1.29 is 19.8 Å². The Bertz CT molecular complexity index is 243. The molecule has 1 saturated carbocycles. The third-order valence-electron chi connectivity index (χ3n) is 2.19. The van der Waals surface area contributed by atoms with E-state index in [2.05, 4.69) is 0 Å². The van der Waals surface area contributed by atoms with Gasteiger partial charge in [-0.15, -0.1) is 0 Å². The second-order valence-electron chi connectivity index (χ2n) is 3.00. The number of carbonyl (C=O) groups is 2. The van der Waals surface area contributed by atoms with Gasteiger partial charge in [0.2, 0.25) is 0 Å². The van der Waals surface area contributed by atoms with Gasteiger partial charge in [0, 0.05) is 6.08 Å². The summed E-state index contributed by atoms with van der Waals surface area (Å²) >= 11 is 0. The second-order valence-corrected chi connectivity index (χ2v) is 3.00. The van der Waals surface area contributed by atoms with E-state index in [1.165, 1.54) is 6.08 Å².